The molecule has 0 aliphatic carbocycles. The van der Waals surface area contributed by atoms with E-state index in [0.29, 0.717) is 11.3 Å². The summed E-state index contributed by atoms with van der Waals surface area (Å²) in [7, 11) is 0. The van der Waals surface area contributed by atoms with Crippen LogP contribution in [0, 0.1) is 0 Å². The molecular weight excluding hydrogens is 182 g/mol. The van der Waals surface area contributed by atoms with Gasteiger partial charge in [-0.05, 0) is 25.5 Å². The van der Waals surface area contributed by atoms with Crippen LogP contribution in [0.4, 0.5) is 0 Å². The van der Waals surface area contributed by atoms with Gasteiger partial charge < -0.3 is 10.8 Å². The number of hydrogen-bond donors (Lipinski definition) is 2. The summed E-state index contributed by atoms with van der Waals surface area (Å²) in [4.78, 5) is 21.8. The number of nitrogens with two attached hydrogens (primary N) is 1. The molecule has 74 valence electrons. The van der Waals surface area contributed by atoms with Gasteiger partial charge in [-0.3, -0.25) is 9.59 Å². The second-order valence-electron chi connectivity index (χ2n) is 3.01. The molecule has 0 bridgehead atoms. The summed E-state index contributed by atoms with van der Waals surface area (Å²) < 4.78 is 0. The van der Waals surface area contributed by atoms with Gasteiger partial charge in [0.15, 0.2) is 5.75 Å². The average molecular weight is 193 g/mol. The summed E-state index contributed by atoms with van der Waals surface area (Å²) in [6, 6.07) is 0. The first-order valence-corrected chi connectivity index (χ1v) is 4.11. The van der Waals surface area contributed by atoms with Crippen LogP contribution < -0.4 is 16.6 Å². The fourth-order valence-electron chi connectivity index (χ4n) is 1.19. The molecule has 4 heteroatoms. The highest BCUT2D eigenvalue weighted by Crippen LogP contribution is 2.21. The maximum absolute atomic E-state index is 11.1. The number of allylic oxidation sites excluding steroid dienone is 4. The third kappa shape index (κ3) is 1.46. The first kappa shape index (κ1) is 10.2. The molecule has 0 fully saturated rings. The van der Waals surface area contributed by atoms with E-state index in [9.17, 15) is 9.59 Å². The van der Waals surface area contributed by atoms with Gasteiger partial charge in [0.25, 0.3) is 5.43 Å². The molecule has 0 amide bonds. The van der Waals surface area contributed by atoms with Crippen molar-refractivity contribution < 1.29 is 5.11 Å². The van der Waals surface area contributed by atoms with E-state index in [1.807, 2.05) is 0 Å². The normalized spacial score (nSPS) is 13.6. The molecule has 0 spiro atoms. The average Bonchev–Trinajstić information content (AvgIpc) is 2.15. The van der Waals surface area contributed by atoms with Crippen molar-refractivity contribution in [2.75, 3.05) is 0 Å². The number of aromatic hydroxyl groups is 1. The van der Waals surface area contributed by atoms with Gasteiger partial charge >= 0.3 is 0 Å². The van der Waals surface area contributed by atoms with Crippen LogP contribution in [0.2, 0.25) is 0 Å². The minimum absolute atomic E-state index is 0.0577. The number of rotatable bonds is 2. The first-order valence-electron chi connectivity index (χ1n) is 4.11. The fraction of sp³-hybridized carbons (Fsp3) is 0.200. The Balaban J connectivity index is 3.26. The molecule has 0 atom stereocenters. The lowest BCUT2D eigenvalue weighted by Gasteiger charge is -2.06. The van der Waals surface area contributed by atoms with E-state index >= 15 is 0 Å². The Morgan fingerprint density at radius 1 is 1.36 bits per heavy atom. The summed E-state index contributed by atoms with van der Waals surface area (Å²) in [5, 5.41) is 9.16. The molecule has 4 nitrogen and oxygen atoms in total. The van der Waals surface area contributed by atoms with Crippen molar-refractivity contribution in [2.45, 2.75) is 13.8 Å². The van der Waals surface area contributed by atoms with Crippen LogP contribution in [0.15, 0.2) is 27.4 Å². The fourth-order valence-corrected chi connectivity index (χ4v) is 1.19. The Labute approximate surface area is 80.7 Å². The lowest BCUT2D eigenvalue weighted by molar-refractivity contribution is 0.461. The maximum atomic E-state index is 11.1. The van der Waals surface area contributed by atoms with Crippen LogP contribution in [0.3, 0.4) is 0 Å². The molecule has 1 aromatic carbocycles. The Morgan fingerprint density at radius 2 is 1.93 bits per heavy atom. The highest BCUT2D eigenvalue weighted by molar-refractivity contribution is 5.79. The Hall–Kier alpha value is -1.84. The van der Waals surface area contributed by atoms with Crippen molar-refractivity contribution in [2.24, 2.45) is 5.73 Å². The molecular formula is C10H11NO3. The third-order valence-corrected chi connectivity index (χ3v) is 1.87. The second kappa shape index (κ2) is 3.49. The summed E-state index contributed by atoms with van der Waals surface area (Å²) in [6.07, 6.45) is 3.15. The molecule has 1 aromatic rings. The van der Waals surface area contributed by atoms with Crippen molar-refractivity contribution in [3.63, 3.8) is 0 Å². The van der Waals surface area contributed by atoms with E-state index in [1.165, 1.54) is 6.08 Å². The van der Waals surface area contributed by atoms with Gasteiger partial charge in [-0.1, -0.05) is 6.08 Å². The SMILES string of the molecule is C/C=C(\C=C(\C)N)c1c(O)c(=O)c1=O. The predicted molar refractivity (Wildman–Crippen MR) is 54.6 cm³/mol. The van der Waals surface area contributed by atoms with Crippen molar-refractivity contribution in [1.29, 1.82) is 0 Å². The summed E-state index contributed by atoms with van der Waals surface area (Å²) in [5.74, 6) is -0.472. The van der Waals surface area contributed by atoms with E-state index in [-0.39, 0.29) is 5.56 Å². The Kier molecular flexibility index (Phi) is 2.56. The van der Waals surface area contributed by atoms with Crippen molar-refractivity contribution in [3.05, 3.63) is 43.9 Å². The zero-order valence-corrected chi connectivity index (χ0v) is 8.00. The quantitative estimate of drug-likeness (QED) is 0.521. The molecule has 0 aliphatic heterocycles. The monoisotopic (exact) mass is 193 g/mol. The number of hydrogen-bond acceptors (Lipinski definition) is 4. The lowest BCUT2D eigenvalue weighted by Crippen LogP contribution is -2.33. The minimum Gasteiger partial charge on any atom is -0.503 e. The van der Waals surface area contributed by atoms with Crippen molar-refractivity contribution in [1.82, 2.24) is 0 Å². The maximum Gasteiger partial charge on any atom is 0.268 e. The van der Waals surface area contributed by atoms with Crippen molar-refractivity contribution >= 4 is 5.57 Å². The zero-order valence-electron chi connectivity index (χ0n) is 8.00. The van der Waals surface area contributed by atoms with Crippen LogP contribution >= 0.6 is 0 Å². The molecule has 3 N–H and O–H groups in total. The van der Waals surface area contributed by atoms with E-state index in [2.05, 4.69) is 0 Å². The highest BCUT2D eigenvalue weighted by atomic mass is 16.3. The minimum atomic E-state index is -0.831. The van der Waals surface area contributed by atoms with Gasteiger partial charge in [-0.2, -0.15) is 0 Å². The second-order valence-corrected chi connectivity index (χ2v) is 3.01. The molecule has 0 saturated heterocycles. The van der Waals surface area contributed by atoms with E-state index in [1.54, 1.807) is 19.9 Å². The van der Waals surface area contributed by atoms with E-state index in [0.717, 1.165) is 0 Å². The zero-order chi connectivity index (χ0) is 10.9. The van der Waals surface area contributed by atoms with Crippen LogP contribution in [0.1, 0.15) is 19.4 Å². The van der Waals surface area contributed by atoms with Crippen LogP contribution in [0.25, 0.3) is 5.57 Å². The molecule has 1 rings (SSSR count). The van der Waals surface area contributed by atoms with Gasteiger partial charge in [0.2, 0.25) is 5.43 Å². The summed E-state index contributed by atoms with van der Waals surface area (Å²) in [5.41, 5.74) is 4.98. The van der Waals surface area contributed by atoms with E-state index in [4.69, 9.17) is 10.8 Å². The third-order valence-electron chi connectivity index (χ3n) is 1.87. The van der Waals surface area contributed by atoms with E-state index < -0.39 is 16.6 Å². The van der Waals surface area contributed by atoms with Gasteiger partial charge in [0.1, 0.15) is 0 Å². The molecule has 0 aromatic heterocycles. The molecule has 0 heterocycles. The smallest absolute Gasteiger partial charge is 0.268 e. The van der Waals surface area contributed by atoms with Gasteiger partial charge in [-0.25, -0.2) is 0 Å². The largest absolute Gasteiger partial charge is 0.503 e. The van der Waals surface area contributed by atoms with Gasteiger partial charge in [0.05, 0.1) is 5.56 Å². The Morgan fingerprint density at radius 3 is 2.29 bits per heavy atom. The first-order chi connectivity index (χ1) is 6.49. The van der Waals surface area contributed by atoms with Crippen LogP contribution in [0.5, 0.6) is 5.75 Å². The molecule has 14 heavy (non-hydrogen) atoms. The van der Waals surface area contributed by atoms with Crippen LogP contribution in [-0.4, -0.2) is 5.11 Å². The predicted octanol–water partition coefficient (Wildman–Crippen LogP) is 0.254. The van der Waals surface area contributed by atoms with Gasteiger partial charge in [-0.15, -0.1) is 0 Å². The highest BCUT2D eigenvalue weighted by Gasteiger charge is 2.21. The molecule has 0 radical (unpaired) electrons. The van der Waals surface area contributed by atoms with Gasteiger partial charge in [0, 0.05) is 5.70 Å². The molecule has 0 saturated carbocycles. The molecule has 0 unspecified atom stereocenters. The standard InChI is InChI=1S/C10H11NO3/c1-3-6(4-5(2)11)7-8(12)10(14)9(7)13/h3-4,12H,11H2,1-2H3/b5-4-,6-3+. The van der Waals surface area contributed by atoms with Crippen molar-refractivity contribution in [3.8, 4) is 5.75 Å². The summed E-state index contributed by atoms with van der Waals surface area (Å²) >= 11 is 0. The molecule has 0 aliphatic rings. The Bertz CT molecular complexity index is 484. The topological polar surface area (TPSA) is 80.4 Å². The lowest BCUT2D eigenvalue weighted by atomic mass is 9.99. The van der Waals surface area contributed by atoms with Crippen LogP contribution in [-0.2, 0) is 0 Å². The summed E-state index contributed by atoms with van der Waals surface area (Å²) in [6.45, 7) is 3.36.